The Kier molecular flexibility index (Phi) is 6.94. The van der Waals surface area contributed by atoms with Crippen molar-refractivity contribution in [1.82, 2.24) is 9.62 Å². The number of amides is 1. The van der Waals surface area contributed by atoms with Crippen molar-refractivity contribution < 1.29 is 13.2 Å². The first-order valence-corrected chi connectivity index (χ1v) is 10.4. The topological polar surface area (TPSA) is 66.5 Å². The van der Waals surface area contributed by atoms with Crippen LogP contribution in [0.5, 0.6) is 0 Å². The van der Waals surface area contributed by atoms with Gasteiger partial charge in [-0.3, -0.25) is 4.79 Å². The maximum Gasteiger partial charge on any atom is 0.224 e. The molecule has 0 bridgehead atoms. The van der Waals surface area contributed by atoms with Gasteiger partial charge in [-0.1, -0.05) is 48.5 Å². The van der Waals surface area contributed by atoms with Crippen molar-refractivity contribution in [1.29, 1.82) is 0 Å². The highest BCUT2D eigenvalue weighted by atomic mass is 32.2. The zero-order chi connectivity index (χ0) is 19.2. The van der Waals surface area contributed by atoms with Crippen LogP contribution in [0.25, 0.3) is 0 Å². The molecule has 0 saturated carbocycles. The van der Waals surface area contributed by atoms with E-state index in [4.69, 9.17) is 0 Å². The van der Waals surface area contributed by atoms with Crippen molar-refractivity contribution in [2.75, 3.05) is 19.3 Å². The average Bonchev–Trinajstić information content (AvgIpc) is 2.57. The number of hydrogen-bond acceptors (Lipinski definition) is 3. The molecule has 0 heterocycles. The van der Waals surface area contributed by atoms with E-state index >= 15 is 0 Å². The average molecular weight is 375 g/mol. The maximum atomic E-state index is 12.1. The highest BCUT2D eigenvalue weighted by molar-refractivity contribution is 7.88. The summed E-state index contributed by atoms with van der Waals surface area (Å²) in [5, 5.41) is 2.82. The van der Waals surface area contributed by atoms with E-state index in [0.717, 1.165) is 22.3 Å². The van der Waals surface area contributed by atoms with Gasteiger partial charge in [-0.15, -0.1) is 0 Å². The second-order valence-corrected chi connectivity index (χ2v) is 8.46. The number of benzene rings is 2. The molecule has 2 aromatic carbocycles. The van der Waals surface area contributed by atoms with E-state index in [0.29, 0.717) is 13.0 Å². The Balaban J connectivity index is 1.92. The van der Waals surface area contributed by atoms with Gasteiger partial charge < -0.3 is 5.32 Å². The maximum absolute atomic E-state index is 12.1. The number of nitrogens with one attached hydrogen (secondary N) is 1. The van der Waals surface area contributed by atoms with Gasteiger partial charge >= 0.3 is 0 Å². The van der Waals surface area contributed by atoms with E-state index in [-0.39, 0.29) is 19.0 Å². The van der Waals surface area contributed by atoms with Crippen LogP contribution in [0.2, 0.25) is 0 Å². The Morgan fingerprint density at radius 2 is 1.50 bits per heavy atom. The quantitative estimate of drug-likeness (QED) is 0.772. The summed E-state index contributed by atoms with van der Waals surface area (Å²) in [7, 11) is -3.36. The summed E-state index contributed by atoms with van der Waals surface area (Å²) in [6.07, 6.45) is 1.49. The fraction of sp³-hybridized carbons (Fsp3) is 0.350. The van der Waals surface area contributed by atoms with Crippen molar-refractivity contribution >= 4 is 15.9 Å². The Hall–Kier alpha value is -2.18. The van der Waals surface area contributed by atoms with E-state index in [1.165, 1.54) is 10.6 Å². The van der Waals surface area contributed by atoms with Crippen LogP contribution in [0.4, 0.5) is 0 Å². The minimum absolute atomic E-state index is 0.108. The van der Waals surface area contributed by atoms with Crippen LogP contribution >= 0.6 is 0 Å². The van der Waals surface area contributed by atoms with Crippen LogP contribution in [0.3, 0.4) is 0 Å². The van der Waals surface area contributed by atoms with Gasteiger partial charge in [-0.25, -0.2) is 8.42 Å². The van der Waals surface area contributed by atoms with Gasteiger partial charge in [-0.2, -0.15) is 4.31 Å². The van der Waals surface area contributed by atoms with Gasteiger partial charge in [0.25, 0.3) is 0 Å². The molecule has 6 heteroatoms. The standard InChI is InChI=1S/C20H26N2O3S/c1-16-8-4-6-10-18(16)14-20(23)21-12-13-22(26(3,24)25)15-19-11-7-5-9-17(19)2/h4-11H,12-15H2,1-3H3,(H,21,23). The van der Waals surface area contributed by atoms with Crippen molar-refractivity contribution in [2.24, 2.45) is 0 Å². The van der Waals surface area contributed by atoms with Gasteiger partial charge in [0.1, 0.15) is 0 Å². The molecule has 0 aliphatic rings. The Labute approximate surface area is 156 Å². The molecule has 1 N–H and O–H groups in total. The zero-order valence-corrected chi connectivity index (χ0v) is 16.3. The van der Waals surface area contributed by atoms with E-state index < -0.39 is 10.0 Å². The lowest BCUT2D eigenvalue weighted by Gasteiger charge is -2.21. The van der Waals surface area contributed by atoms with Crippen molar-refractivity contribution in [2.45, 2.75) is 26.8 Å². The molecule has 2 aromatic rings. The molecule has 0 aromatic heterocycles. The summed E-state index contributed by atoms with van der Waals surface area (Å²) in [6, 6.07) is 15.4. The van der Waals surface area contributed by atoms with Gasteiger partial charge in [0, 0.05) is 19.6 Å². The molecule has 0 spiro atoms. The first kappa shape index (κ1) is 20.1. The van der Waals surface area contributed by atoms with Crippen molar-refractivity contribution in [3.63, 3.8) is 0 Å². The molecule has 140 valence electrons. The molecular formula is C20H26N2O3S. The smallest absolute Gasteiger partial charge is 0.224 e. The highest BCUT2D eigenvalue weighted by Gasteiger charge is 2.18. The molecule has 0 radical (unpaired) electrons. The van der Waals surface area contributed by atoms with Crippen LogP contribution in [-0.2, 0) is 27.8 Å². The van der Waals surface area contributed by atoms with E-state index in [1.54, 1.807) is 0 Å². The minimum Gasteiger partial charge on any atom is -0.354 e. The summed E-state index contributed by atoms with van der Waals surface area (Å²) in [5.41, 5.74) is 4.05. The summed E-state index contributed by atoms with van der Waals surface area (Å²) in [6.45, 7) is 4.76. The molecule has 0 fully saturated rings. The van der Waals surface area contributed by atoms with Crippen LogP contribution in [0.15, 0.2) is 48.5 Å². The normalized spacial score (nSPS) is 11.5. The molecule has 0 saturated heterocycles. The van der Waals surface area contributed by atoms with Crippen LogP contribution < -0.4 is 5.32 Å². The lowest BCUT2D eigenvalue weighted by atomic mass is 10.1. The predicted molar refractivity (Wildman–Crippen MR) is 104 cm³/mol. The van der Waals surface area contributed by atoms with Crippen molar-refractivity contribution in [3.05, 3.63) is 70.8 Å². The molecule has 1 amide bonds. The molecule has 0 atom stereocenters. The first-order valence-electron chi connectivity index (χ1n) is 8.58. The summed E-state index contributed by atoms with van der Waals surface area (Å²) < 4.78 is 25.5. The monoisotopic (exact) mass is 374 g/mol. The number of nitrogens with zero attached hydrogens (tertiary/aromatic N) is 1. The second-order valence-electron chi connectivity index (χ2n) is 6.48. The molecular weight excluding hydrogens is 348 g/mol. The molecule has 0 aliphatic carbocycles. The van der Waals surface area contributed by atoms with E-state index in [9.17, 15) is 13.2 Å². The van der Waals surface area contributed by atoms with Crippen LogP contribution in [0, 0.1) is 13.8 Å². The van der Waals surface area contributed by atoms with E-state index in [2.05, 4.69) is 5.32 Å². The number of aryl methyl sites for hydroxylation is 2. The Morgan fingerprint density at radius 1 is 0.962 bits per heavy atom. The Bertz CT molecular complexity index is 863. The number of carbonyl (C=O) groups excluding carboxylic acids is 1. The van der Waals surface area contributed by atoms with Gasteiger partial charge in [0.05, 0.1) is 12.7 Å². The van der Waals surface area contributed by atoms with Gasteiger partial charge in [0.15, 0.2) is 0 Å². The van der Waals surface area contributed by atoms with E-state index in [1.807, 2.05) is 62.4 Å². The highest BCUT2D eigenvalue weighted by Crippen LogP contribution is 2.12. The first-order chi connectivity index (χ1) is 12.3. The largest absolute Gasteiger partial charge is 0.354 e. The zero-order valence-electron chi connectivity index (χ0n) is 15.5. The molecule has 26 heavy (non-hydrogen) atoms. The minimum atomic E-state index is -3.36. The fourth-order valence-corrected chi connectivity index (χ4v) is 3.50. The van der Waals surface area contributed by atoms with Gasteiger partial charge in [-0.05, 0) is 36.1 Å². The number of rotatable bonds is 8. The lowest BCUT2D eigenvalue weighted by Crippen LogP contribution is -2.38. The Morgan fingerprint density at radius 3 is 2.04 bits per heavy atom. The molecule has 2 rings (SSSR count). The molecule has 0 unspecified atom stereocenters. The summed E-state index contributed by atoms with van der Waals surface area (Å²) in [4.78, 5) is 12.1. The number of hydrogen-bond donors (Lipinski definition) is 1. The predicted octanol–water partition coefficient (Wildman–Crippen LogP) is 2.42. The SMILES string of the molecule is Cc1ccccc1CC(=O)NCCN(Cc1ccccc1C)S(C)(=O)=O. The van der Waals surface area contributed by atoms with Gasteiger partial charge in [0.2, 0.25) is 15.9 Å². The number of carbonyl (C=O) groups is 1. The number of sulfonamides is 1. The molecule has 5 nitrogen and oxygen atoms in total. The third-order valence-corrected chi connectivity index (χ3v) is 5.62. The third-order valence-electron chi connectivity index (χ3n) is 4.37. The fourth-order valence-electron chi connectivity index (χ4n) is 2.70. The lowest BCUT2D eigenvalue weighted by molar-refractivity contribution is -0.120. The third kappa shape index (κ3) is 5.97. The molecule has 0 aliphatic heterocycles. The second kappa shape index (κ2) is 8.96. The summed E-state index contributed by atoms with van der Waals surface area (Å²) >= 11 is 0. The van der Waals surface area contributed by atoms with Crippen molar-refractivity contribution in [3.8, 4) is 0 Å². The van der Waals surface area contributed by atoms with Crippen LogP contribution in [-0.4, -0.2) is 38.0 Å². The van der Waals surface area contributed by atoms with Crippen LogP contribution in [0.1, 0.15) is 22.3 Å². The summed E-state index contributed by atoms with van der Waals surface area (Å²) in [5.74, 6) is -0.108.